The van der Waals surface area contributed by atoms with Gasteiger partial charge in [-0.05, 0) is 23.3 Å². The first-order valence-corrected chi connectivity index (χ1v) is 12.3. The van der Waals surface area contributed by atoms with Crippen molar-refractivity contribution in [3.63, 3.8) is 0 Å². The molecule has 1 aromatic carbocycles. The summed E-state index contributed by atoms with van der Waals surface area (Å²) in [6.45, 7) is -0.748. The zero-order valence-electron chi connectivity index (χ0n) is 18.6. The fourth-order valence-electron chi connectivity index (χ4n) is 3.28. The van der Waals surface area contributed by atoms with Crippen molar-refractivity contribution in [3.8, 4) is 0 Å². The van der Waals surface area contributed by atoms with E-state index >= 15 is 0 Å². The lowest BCUT2D eigenvalue weighted by Crippen LogP contribution is -2.70. The Morgan fingerprint density at radius 2 is 1.92 bits per heavy atom. The number of nitro benzene ring substituents is 1. The molecular formula is C20H20Cl3N3O9S. The van der Waals surface area contributed by atoms with E-state index in [1.165, 1.54) is 48.0 Å². The number of carbonyl (C=O) groups excluding carboxylic acids is 3. The van der Waals surface area contributed by atoms with E-state index in [0.717, 1.165) is 0 Å². The lowest BCUT2D eigenvalue weighted by atomic mass is 10.0. The number of esters is 1. The molecule has 0 radical (unpaired) electrons. The Labute approximate surface area is 224 Å². The molecule has 36 heavy (non-hydrogen) atoms. The number of rotatable bonds is 10. The number of nitrogens with one attached hydrogen (secondary N) is 1. The van der Waals surface area contributed by atoms with Crippen molar-refractivity contribution in [2.45, 2.75) is 21.8 Å². The van der Waals surface area contributed by atoms with Crippen LogP contribution in [-0.2, 0) is 35.1 Å². The minimum Gasteiger partial charge on any atom is -0.456 e. The van der Waals surface area contributed by atoms with E-state index in [4.69, 9.17) is 53.8 Å². The molecule has 1 saturated heterocycles. The highest BCUT2D eigenvalue weighted by atomic mass is 35.6. The lowest BCUT2D eigenvalue weighted by Gasteiger charge is -2.49. The van der Waals surface area contributed by atoms with Gasteiger partial charge < -0.3 is 24.3 Å². The predicted octanol–water partition coefficient (Wildman–Crippen LogP) is 2.89. The second-order valence-electron chi connectivity index (χ2n) is 7.43. The van der Waals surface area contributed by atoms with E-state index in [1.807, 2.05) is 0 Å². The molecular weight excluding hydrogens is 565 g/mol. The largest absolute Gasteiger partial charge is 0.456 e. The minimum absolute atomic E-state index is 0.00901. The Balaban J connectivity index is 1.63. The van der Waals surface area contributed by atoms with E-state index in [9.17, 15) is 24.5 Å². The van der Waals surface area contributed by atoms with Crippen LogP contribution in [0.2, 0.25) is 0 Å². The fourth-order valence-corrected chi connectivity index (χ4v) is 4.77. The van der Waals surface area contributed by atoms with Crippen molar-refractivity contribution in [1.29, 1.82) is 0 Å². The average molecular weight is 585 g/mol. The Kier molecular flexibility index (Phi) is 9.66. The maximum atomic E-state index is 12.9. The van der Waals surface area contributed by atoms with Gasteiger partial charge in [-0.25, -0.2) is 9.59 Å². The third-order valence-electron chi connectivity index (χ3n) is 4.88. The molecule has 1 N–H and O–H groups in total. The third-order valence-corrected chi connectivity index (χ3v) is 6.54. The number of methoxy groups -OCH3 is 1. The van der Waals surface area contributed by atoms with Gasteiger partial charge in [0.25, 0.3) is 11.6 Å². The number of ether oxygens (including phenoxy) is 4. The van der Waals surface area contributed by atoms with Gasteiger partial charge in [0.15, 0.2) is 0 Å². The smallest absolute Gasteiger partial charge is 0.408 e. The van der Waals surface area contributed by atoms with Crippen LogP contribution in [0.1, 0.15) is 5.56 Å². The number of nitro groups is 1. The second kappa shape index (κ2) is 12.3. The number of β-lactam (4-membered cyclic amide) rings is 1. The molecule has 0 saturated carbocycles. The summed E-state index contributed by atoms with van der Waals surface area (Å²) < 4.78 is 18.5. The Morgan fingerprint density at radius 1 is 1.22 bits per heavy atom. The van der Waals surface area contributed by atoms with Crippen molar-refractivity contribution in [3.05, 3.63) is 51.2 Å². The molecule has 2 heterocycles. The quantitative estimate of drug-likeness (QED) is 0.0828. The minimum atomic E-state index is -1.85. The Morgan fingerprint density at radius 3 is 2.53 bits per heavy atom. The van der Waals surface area contributed by atoms with Crippen LogP contribution in [0.4, 0.5) is 10.5 Å². The number of halogens is 3. The zero-order chi connectivity index (χ0) is 26.5. The van der Waals surface area contributed by atoms with E-state index < -0.39 is 44.7 Å². The van der Waals surface area contributed by atoms with Crippen molar-refractivity contribution in [2.24, 2.45) is 0 Å². The number of hydrogen-bond acceptors (Lipinski definition) is 10. The molecule has 1 fully saturated rings. The highest BCUT2D eigenvalue weighted by molar-refractivity contribution is 8.00. The Bertz CT molecular complexity index is 1050. The topological polar surface area (TPSA) is 147 Å². The predicted molar refractivity (Wildman–Crippen MR) is 129 cm³/mol. The number of amides is 2. The van der Waals surface area contributed by atoms with Crippen LogP contribution in [0.15, 0.2) is 35.5 Å². The fraction of sp³-hybridized carbons (Fsp3) is 0.450. The van der Waals surface area contributed by atoms with Crippen LogP contribution >= 0.6 is 46.6 Å². The number of thioether (sulfide) groups is 1. The summed E-state index contributed by atoms with van der Waals surface area (Å²) in [5.74, 6) is -1.15. The molecule has 16 heteroatoms. The number of benzene rings is 1. The summed E-state index contributed by atoms with van der Waals surface area (Å²) >= 11 is 18.3. The summed E-state index contributed by atoms with van der Waals surface area (Å²) in [6, 6.07) is 4.51. The molecule has 3 rings (SSSR count). The van der Waals surface area contributed by atoms with Gasteiger partial charge in [0.1, 0.15) is 37.1 Å². The van der Waals surface area contributed by atoms with Crippen molar-refractivity contribution >= 4 is 70.2 Å². The number of non-ortho nitro benzene ring substituents is 1. The van der Waals surface area contributed by atoms with Crippen molar-refractivity contribution in [2.75, 3.05) is 32.9 Å². The maximum absolute atomic E-state index is 12.9. The molecule has 0 aromatic heterocycles. The highest BCUT2D eigenvalue weighted by Crippen LogP contribution is 2.41. The van der Waals surface area contributed by atoms with Crippen LogP contribution in [0.25, 0.3) is 0 Å². The van der Waals surface area contributed by atoms with Crippen molar-refractivity contribution < 1.29 is 38.3 Å². The number of alkyl halides is 3. The molecule has 0 bridgehead atoms. The normalized spacial score (nSPS) is 19.3. The van der Waals surface area contributed by atoms with Crippen molar-refractivity contribution in [1.82, 2.24) is 10.2 Å². The van der Waals surface area contributed by atoms with Gasteiger partial charge in [0, 0.05) is 25.0 Å². The van der Waals surface area contributed by atoms with E-state index in [0.29, 0.717) is 16.9 Å². The van der Waals surface area contributed by atoms with Crippen LogP contribution in [0.3, 0.4) is 0 Å². The van der Waals surface area contributed by atoms with Gasteiger partial charge in [-0.15, -0.1) is 11.8 Å². The molecule has 2 amide bonds. The highest BCUT2D eigenvalue weighted by Gasteiger charge is 2.54. The van der Waals surface area contributed by atoms with E-state index in [-0.39, 0.29) is 31.4 Å². The summed E-state index contributed by atoms with van der Waals surface area (Å²) in [6.07, 6.45) is -0.870. The summed E-state index contributed by atoms with van der Waals surface area (Å²) in [7, 11) is 1.44. The molecule has 2 atom stereocenters. The van der Waals surface area contributed by atoms with Gasteiger partial charge in [-0.3, -0.25) is 19.8 Å². The van der Waals surface area contributed by atoms with Crippen LogP contribution in [-0.4, -0.2) is 75.9 Å². The van der Waals surface area contributed by atoms with E-state index in [2.05, 4.69) is 5.32 Å². The van der Waals surface area contributed by atoms with Gasteiger partial charge in [0.05, 0.1) is 11.5 Å². The number of nitrogens with zero attached hydrogens (tertiary/aromatic N) is 2. The zero-order valence-corrected chi connectivity index (χ0v) is 21.7. The van der Waals surface area contributed by atoms with E-state index in [1.54, 1.807) is 0 Å². The van der Waals surface area contributed by atoms with Gasteiger partial charge in [-0.1, -0.05) is 34.8 Å². The lowest BCUT2D eigenvalue weighted by molar-refractivity contribution is -0.384. The standard InChI is InChI=1S/C20H20Cl3N3O9S/c1-32-10-33-7-12-8-36-17-14(16(27)25(17)15(12)18(28)35-9-20(21,22)23)24-19(29)34-6-11-2-4-13(5-3-11)26(30)31/h2-5,14,17H,6-10H2,1H3,(H,24,29)/t14-,17+/m0/s1. The van der Waals surface area contributed by atoms with Gasteiger partial charge in [-0.2, -0.15) is 0 Å². The second-order valence-corrected chi connectivity index (χ2v) is 11.1. The monoisotopic (exact) mass is 583 g/mol. The number of carbonyl (C=O) groups is 3. The summed E-state index contributed by atoms with van der Waals surface area (Å²) in [4.78, 5) is 49.3. The molecule has 12 nitrogen and oxygen atoms in total. The average Bonchev–Trinajstić information content (AvgIpc) is 2.84. The molecule has 196 valence electrons. The van der Waals surface area contributed by atoms with Crippen LogP contribution < -0.4 is 5.32 Å². The summed E-state index contributed by atoms with van der Waals surface area (Å²) in [5, 5.41) is 12.6. The number of alkyl carbamates (subject to hydrolysis) is 1. The maximum Gasteiger partial charge on any atom is 0.408 e. The third kappa shape index (κ3) is 7.14. The first kappa shape index (κ1) is 28.3. The molecule has 0 unspecified atom stereocenters. The molecule has 2 aliphatic heterocycles. The van der Waals surface area contributed by atoms with Gasteiger partial charge >= 0.3 is 12.1 Å². The van der Waals surface area contributed by atoms with Gasteiger partial charge in [0.2, 0.25) is 3.79 Å². The molecule has 0 aliphatic carbocycles. The van der Waals surface area contributed by atoms with Crippen LogP contribution in [0.5, 0.6) is 0 Å². The van der Waals surface area contributed by atoms with Crippen LogP contribution in [0, 0.1) is 10.1 Å². The first-order chi connectivity index (χ1) is 17.0. The summed E-state index contributed by atoms with van der Waals surface area (Å²) in [5.41, 5.74) is 0.842. The molecule has 2 aliphatic rings. The number of fused-ring (bicyclic) bond motifs is 1. The molecule has 1 aromatic rings. The number of hydrogen-bond donors (Lipinski definition) is 1. The molecule has 0 spiro atoms. The first-order valence-electron chi connectivity index (χ1n) is 10.2. The Hall–Kier alpha value is -2.29. The SMILES string of the molecule is COCOCC1=C(C(=O)OCC(Cl)(Cl)Cl)N2C(=O)[C@H](NC(=O)OCc3ccc([N+](=O)[O-])cc3)[C@H]2SC1.